The third kappa shape index (κ3) is 9.13. The Kier molecular flexibility index (Phi) is 7.38. The normalized spacial score (nSPS) is 12.2. The Bertz CT molecular complexity index is 200. The maximum atomic E-state index is 2.29. The number of hydrogen-bond acceptors (Lipinski definition) is 0. The molecular weight excluding hydrogens is 156 g/mol. The lowest BCUT2D eigenvalue weighted by molar-refractivity contribution is 0.967. The Morgan fingerprint density at radius 1 is 1.15 bits per heavy atom. The lowest BCUT2D eigenvalue weighted by Crippen LogP contribution is -1.75. The Morgan fingerprint density at radius 3 is 2.38 bits per heavy atom. The summed E-state index contributed by atoms with van der Waals surface area (Å²) >= 11 is 0. The van der Waals surface area contributed by atoms with Gasteiger partial charge in [-0.1, -0.05) is 42.4 Å². The van der Waals surface area contributed by atoms with Crippen LogP contribution in [0.4, 0.5) is 0 Å². The largest absolute Gasteiger partial charge is 0.0856 e. The highest BCUT2D eigenvalue weighted by Gasteiger charge is 1.86. The molecule has 74 valence electrons. The molecule has 0 aromatic carbocycles. The van der Waals surface area contributed by atoms with E-state index in [2.05, 4.69) is 52.0 Å². The Morgan fingerprint density at radius 2 is 1.85 bits per heavy atom. The van der Waals surface area contributed by atoms with Crippen molar-refractivity contribution in [3.63, 3.8) is 0 Å². The van der Waals surface area contributed by atoms with Crippen molar-refractivity contribution in [2.75, 3.05) is 0 Å². The van der Waals surface area contributed by atoms with Gasteiger partial charge in [0, 0.05) is 0 Å². The van der Waals surface area contributed by atoms with E-state index >= 15 is 0 Å². The fourth-order valence-corrected chi connectivity index (χ4v) is 1.04. The van der Waals surface area contributed by atoms with Gasteiger partial charge in [0.2, 0.25) is 0 Å². The second kappa shape index (κ2) is 7.85. The molecule has 0 aromatic rings. The minimum Gasteiger partial charge on any atom is -0.0856 e. The molecule has 0 heterocycles. The zero-order valence-corrected chi connectivity index (χ0v) is 9.43. The molecule has 0 aliphatic carbocycles. The molecule has 0 bridgehead atoms. The van der Waals surface area contributed by atoms with Crippen molar-refractivity contribution in [2.24, 2.45) is 0 Å². The van der Waals surface area contributed by atoms with E-state index in [0.717, 1.165) is 6.42 Å². The quantitative estimate of drug-likeness (QED) is 0.425. The Balaban J connectivity index is 3.73. The topological polar surface area (TPSA) is 0 Å². The first-order valence-corrected chi connectivity index (χ1v) is 5.12. The van der Waals surface area contributed by atoms with Crippen LogP contribution in [0.15, 0.2) is 35.5 Å². The van der Waals surface area contributed by atoms with Gasteiger partial charge in [0.15, 0.2) is 0 Å². The van der Waals surface area contributed by atoms with E-state index in [4.69, 9.17) is 0 Å². The van der Waals surface area contributed by atoms with Gasteiger partial charge in [0.05, 0.1) is 0 Å². The molecule has 13 heavy (non-hydrogen) atoms. The predicted octanol–water partition coefficient (Wildman–Crippen LogP) is 4.65. The zero-order valence-electron chi connectivity index (χ0n) is 9.43. The molecular formula is C13H22. The van der Waals surface area contributed by atoms with Gasteiger partial charge in [-0.25, -0.2) is 0 Å². The summed E-state index contributed by atoms with van der Waals surface area (Å²) in [5.41, 5.74) is 2.87. The van der Waals surface area contributed by atoms with Crippen LogP contribution >= 0.6 is 0 Å². The standard InChI is InChI=1S/C13H22/c1-5-6-7-10-13(4)11-8-9-12(2)3/h6-7,9-10H,5,8,11H2,1-4H3. The summed E-state index contributed by atoms with van der Waals surface area (Å²) in [7, 11) is 0. The van der Waals surface area contributed by atoms with Crippen molar-refractivity contribution in [3.05, 3.63) is 35.5 Å². The van der Waals surface area contributed by atoms with Crippen LogP contribution in [0.25, 0.3) is 0 Å². The first-order valence-electron chi connectivity index (χ1n) is 5.12. The molecule has 0 aliphatic heterocycles. The van der Waals surface area contributed by atoms with Crippen LogP contribution in [-0.4, -0.2) is 0 Å². The molecule has 0 spiro atoms. The number of hydrogen-bond donors (Lipinski definition) is 0. The van der Waals surface area contributed by atoms with E-state index in [1.165, 1.54) is 24.0 Å². The maximum absolute atomic E-state index is 2.29. The lowest BCUT2D eigenvalue weighted by atomic mass is 10.1. The fraction of sp³-hybridized carbons (Fsp3) is 0.538. The van der Waals surface area contributed by atoms with Gasteiger partial charge >= 0.3 is 0 Å². The SMILES string of the molecule is CCC=CC=C(C)CCC=C(C)C. The second-order valence-electron chi connectivity index (χ2n) is 3.67. The highest BCUT2D eigenvalue weighted by Crippen LogP contribution is 2.06. The van der Waals surface area contributed by atoms with Crippen molar-refractivity contribution in [1.82, 2.24) is 0 Å². The average molecular weight is 178 g/mol. The van der Waals surface area contributed by atoms with Crippen LogP contribution in [0.3, 0.4) is 0 Å². The summed E-state index contributed by atoms with van der Waals surface area (Å²) in [6, 6.07) is 0. The summed E-state index contributed by atoms with van der Waals surface area (Å²) in [6.45, 7) is 8.65. The fourth-order valence-electron chi connectivity index (χ4n) is 1.04. The van der Waals surface area contributed by atoms with Gasteiger partial charge in [-0.2, -0.15) is 0 Å². The summed E-state index contributed by atoms with van der Waals surface area (Å²) in [4.78, 5) is 0. The van der Waals surface area contributed by atoms with Gasteiger partial charge < -0.3 is 0 Å². The van der Waals surface area contributed by atoms with Gasteiger partial charge in [0.25, 0.3) is 0 Å². The molecule has 0 rings (SSSR count). The molecule has 0 saturated heterocycles. The molecule has 0 aromatic heterocycles. The van der Waals surface area contributed by atoms with Crippen LogP contribution in [0.1, 0.15) is 47.0 Å². The van der Waals surface area contributed by atoms with E-state index in [1.807, 2.05) is 0 Å². The monoisotopic (exact) mass is 178 g/mol. The molecule has 0 unspecified atom stereocenters. The molecule has 0 nitrogen and oxygen atoms in total. The zero-order chi connectivity index (χ0) is 10.1. The van der Waals surface area contributed by atoms with Crippen LogP contribution in [0.5, 0.6) is 0 Å². The second-order valence-corrected chi connectivity index (χ2v) is 3.67. The van der Waals surface area contributed by atoms with Crippen molar-refractivity contribution in [3.8, 4) is 0 Å². The Labute approximate surface area is 83.0 Å². The maximum Gasteiger partial charge on any atom is -0.0285 e. The molecule has 0 saturated carbocycles. The van der Waals surface area contributed by atoms with Crippen molar-refractivity contribution in [1.29, 1.82) is 0 Å². The molecule has 0 atom stereocenters. The molecule has 0 N–H and O–H groups in total. The van der Waals surface area contributed by atoms with Gasteiger partial charge in [-0.15, -0.1) is 0 Å². The Hall–Kier alpha value is -0.780. The van der Waals surface area contributed by atoms with E-state index in [9.17, 15) is 0 Å². The summed E-state index contributed by atoms with van der Waals surface area (Å²) in [6.07, 6.45) is 12.3. The number of allylic oxidation sites excluding steroid dienone is 6. The van der Waals surface area contributed by atoms with E-state index < -0.39 is 0 Å². The van der Waals surface area contributed by atoms with Crippen LogP contribution in [0.2, 0.25) is 0 Å². The molecule has 0 heteroatoms. The minimum atomic E-state index is 1.12. The van der Waals surface area contributed by atoms with E-state index in [1.54, 1.807) is 0 Å². The smallest absolute Gasteiger partial charge is 0.0285 e. The lowest BCUT2D eigenvalue weighted by Gasteiger charge is -1.96. The minimum absolute atomic E-state index is 1.12. The third-order valence-electron chi connectivity index (χ3n) is 1.84. The van der Waals surface area contributed by atoms with Crippen LogP contribution < -0.4 is 0 Å². The van der Waals surface area contributed by atoms with Gasteiger partial charge in [-0.05, 0) is 40.0 Å². The average Bonchev–Trinajstić information content (AvgIpc) is 2.04. The van der Waals surface area contributed by atoms with Crippen molar-refractivity contribution < 1.29 is 0 Å². The van der Waals surface area contributed by atoms with Crippen molar-refractivity contribution >= 4 is 0 Å². The van der Waals surface area contributed by atoms with E-state index in [0.29, 0.717) is 0 Å². The van der Waals surface area contributed by atoms with E-state index in [-0.39, 0.29) is 0 Å². The first kappa shape index (κ1) is 12.2. The first-order chi connectivity index (χ1) is 6.16. The van der Waals surface area contributed by atoms with Gasteiger partial charge in [0.1, 0.15) is 0 Å². The molecule has 0 radical (unpaired) electrons. The van der Waals surface area contributed by atoms with Crippen LogP contribution in [-0.2, 0) is 0 Å². The summed E-state index contributed by atoms with van der Waals surface area (Å²) in [5, 5.41) is 0. The van der Waals surface area contributed by atoms with Crippen molar-refractivity contribution in [2.45, 2.75) is 47.0 Å². The molecule has 0 amide bonds. The third-order valence-corrected chi connectivity index (χ3v) is 1.84. The summed E-state index contributed by atoms with van der Waals surface area (Å²) < 4.78 is 0. The number of rotatable bonds is 5. The van der Waals surface area contributed by atoms with Crippen LogP contribution in [0, 0.1) is 0 Å². The molecule has 0 aliphatic rings. The predicted molar refractivity (Wildman–Crippen MR) is 61.9 cm³/mol. The molecule has 0 fully saturated rings. The summed E-state index contributed by atoms with van der Waals surface area (Å²) in [5.74, 6) is 0. The highest BCUT2D eigenvalue weighted by molar-refractivity contribution is 5.11. The highest BCUT2D eigenvalue weighted by atomic mass is 13.9. The van der Waals surface area contributed by atoms with Gasteiger partial charge in [-0.3, -0.25) is 0 Å².